The number of hydrogen-bond acceptors (Lipinski definition) is 5. The topological polar surface area (TPSA) is 118 Å². The minimum absolute atomic E-state index is 0.000208. The summed E-state index contributed by atoms with van der Waals surface area (Å²) >= 11 is 0. The molecular weight excluding hydrogens is 206 g/mol. The van der Waals surface area contributed by atoms with Crippen molar-refractivity contribution in [2.75, 3.05) is 5.75 Å². The van der Waals surface area contributed by atoms with Crippen LogP contribution in [-0.4, -0.2) is 35.8 Å². The third-order valence-electron chi connectivity index (χ3n) is 0.978. The van der Waals surface area contributed by atoms with Crippen LogP contribution in [0.5, 0.6) is 0 Å². The SMILES string of the molecule is N[C@@H](CCSS(=O)(=O)O)C(=O)O. The van der Waals surface area contributed by atoms with Crippen LogP contribution in [0.15, 0.2) is 0 Å². The summed E-state index contributed by atoms with van der Waals surface area (Å²) in [7, 11) is -3.81. The van der Waals surface area contributed by atoms with Gasteiger partial charge in [0, 0.05) is 5.75 Å². The minimum Gasteiger partial charge on any atom is -0.480 e. The molecule has 6 nitrogen and oxygen atoms in total. The van der Waals surface area contributed by atoms with E-state index in [1.807, 2.05) is 0 Å². The number of rotatable bonds is 5. The molecule has 0 bridgehead atoms. The highest BCUT2D eigenvalue weighted by Crippen LogP contribution is 2.10. The van der Waals surface area contributed by atoms with E-state index in [0.29, 0.717) is 0 Å². The van der Waals surface area contributed by atoms with E-state index in [0.717, 1.165) is 0 Å². The lowest BCUT2D eigenvalue weighted by atomic mass is 10.2. The van der Waals surface area contributed by atoms with Gasteiger partial charge in [0.05, 0.1) is 0 Å². The Morgan fingerprint density at radius 3 is 2.42 bits per heavy atom. The highest BCUT2D eigenvalue weighted by molar-refractivity contribution is 8.69. The van der Waals surface area contributed by atoms with Gasteiger partial charge >= 0.3 is 15.1 Å². The van der Waals surface area contributed by atoms with Crippen LogP contribution in [0.3, 0.4) is 0 Å². The number of nitrogens with two attached hydrogens (primary N) is 1. The summed E-state index contributed by atoms with van der Waals surface area (Å²) < 4.78 is 28.4. The zero-order chi connectivity index (χ0) is 9.78. The van der Waals surface area contributed by atoms with Crippen LogP contribution in [0.1, 0.15) is 6.42 Å². The van der Waals surface area contributed by atoms with Gasteiger partial charge in [-0.15, -0.1) is 0 Å². The molecule has 0 saturated carbocycles. The lowest BCUT2D eigenvalue weighted by Crippen LogP contribution is -2.30. The third kappa shape index (κ3) is 6.40. The summed E-state index contributed by atoms with van der Waals surface area (Å²) in [6.45, 7) is 0. The summed E-state index contributed by atoms with van der Waals surface area (Å²) in [6.07, 6.45) is -0.000208. The van der Waals surface area contributed by atoms with E-state index in [1.165, 1.54) is 0 Å². The normalized spacial score (nSPS) is 14.2. The number of hydrogen-bond donors (Lipinski definition) is 3. The Labute approximate surface area is 73.3 Å². The van der Waals surface area contributed by atoms with Crippen molar-refractivity contribution in [3.8, 4) is 0 Å². The first kappa shape index (κ1) is 11.7. The highest BCUT2D eigenvalue weighted by Gasteiger charge is 2.13. The van der Waals surface area contributed by atoms with Gasteiger partial charge < -0.3 is 10.8 Å². The summed E-state index contributed by atoms with van der Waals surface area (Å²) in [5.74, 6) is -1.22. The predicted octanol–water partition coefficient (Wildman–Crippen LogP) is -0.676. The molecule has 12 heavy (non-hydrogen) atoms. The molecule has 0 rings (SSSR count). The molecule has 0 amide bonds. The van der Waals surface area contributed by atoms with Gasteiger partial charge in [0.15, 0.2) is 0 Å². The molecule has 0 radical (unpaired) electrons. The molecule has 72 valence electrons. The molecule has 0 unspecified atom stereocenters. The Kier molecular flexibility index (Phi) is 4.53. The average Bonchev–Trinajstić information content (AvgIpc) is 1.84. The molecule has 0 heterocycles. The van der Waals surface area contributed by atoms with E-state index in [9.17, 15) is 13.2 Å². The molecule has 8 heteroatoms. The maximum atomic E-state index is 10.1. The predicted molar refractivity (Wildman–Crippen MR) is 44.2 cm³/mol. The Hall–Kier alpha value is -0.310. The smallest absolute Gasteiger partial charge is 0.320 e. The second kappa shape index (κ2) is 4.65. The standard InChI is InChI=1S/C4H9NO5S2/c5-3(4(6)7)1-2-11-12(8,9)10/h3H,1-2,5H2,(H,6,7)(H,8,9,10)/t3-/m0/s1. The minimum atomic E-state index is -4.08. The average molecular weight is 215 g/mol. The Balaban J connectivity index is 3.65. The molecule has 1 atom stereocenters. The van der Waals surface area contributed by atoms with Crippen molar-refractivity contribution in [2.24, 2.45) is 5.73 Å². The van der Waals surface area contributed by atoms with Crippen molar-refractivity contribution in [2.45, 2.75) is 12.5 Å². The highest BCUT2D eigenvalue weighted by atomic mass is 33.1. The van der Waals surface area contributed by atoms with E-state index in [4.69, 9.17) is 15.4 Å². The van der Waals surface area contributed by atoms with Gasteiger partial charge in [0.2, 0.25) is 0 Å². The van der Waals surface area contributed by atoms with Crippen LogP contribution in [0.2, 0.25) is 0 Å². The van der Waals surface area contributed by atoms with Crippen molar-refractivity contribution in [3.05, 3.63) is 0 Å². The fourth-order valence-electron chi connectivity index (χ4n) is 0.404. The first-order valence-electron chi connectivity index (χ1n) is 2.93. The van der Waals surface area contributed by atoms with Crippen LogP contribution >= 0.6 is 10.8 Å². The molecule has 0 aliphatic rings. The molecule has 0 aliphatic carbocycles. The number of carbonyl (C=O) groups is 1. The maximum absolute atomic E-state index is 10.1. The lowest BCUT2D eigenvalue weighted by Gasteiger charge is -2.03. The van der Waals surface area contributed by atoms with E-state index in [-0.39, 0.29) is 23.0 Å². The van der Waals surface area contributed by atoms with Gasteiger partial charge in [-0.3, -0.25) is 9.35 Å². The summed E-state index contributed by atoms with van der Waals surface area (Å²) in [5.41, 5.74) is 5.06. The number of carboxylic acid groups (broad SMARTS) is 1. The monoisotopic (exact) mass is 215 g/mol. The van der Waals surface area contributed by atoms with E-state index in [1.54, 1.807) is 0 Å². The Bertz CT molecular complexity index is 248. The summed E-state index contributed by atoms with van der Waals surface area (Å²) in [4.78, 5) is 10.1. The fraction of sp³-hybridized carbons (Fsp3) is 0.750. The molecule has 0 fully saturated rings. The zero-order valence-electron chi connectivity index (χ0n) is 6.00. The first-order valence-corrected chi connectivity index (χ1v) is 5.87. The Morgan fingerprint density at radius 1 is 1.58 bits per heavy atom. The molecule has 0 aromatic rings. The second-order valence-electron chi connectivity index (χ2n) is 1.98. The van der Waals surface area contributed by atoms with Gasteiger partial charge in [0.1, 0.15) is 6.04 Å². The molecule has 0 saturated heterocycles. The maximum Gasteiger partial charge on any atom is 0.320 e. The van der Waals surface area contributed by atoms with Gasteiger partial charge in [-0.05, 0) is 17.2 Å². The van der Waals surface area contributed by atoms with E-state index < -0.39 is 21.2 Å². The summed E-state index contributed by atoms with van der Waals surface area (Å²) in [5, 5.41) is 8.27. The van der Waals surface area contributed by atoms with Crippen molar-refractivity contribution in [1.29, 1.82) is 0 Å². The number of carboxylic acids is 1. The molecule has 0 aromatic heterocycles. The van der Waals surface area contributed by atoms with Crippen LogP contribution in [0.4, 0.5) is 0 Å². The van der Waals surface area contributed by atoms with Crippen molar-refractivity contribution in [3.63, 3.8) is 0 Å². The molecule has 0 spiro atoms. The van der Waals surface area contributed by atoms with E-state index in [2.05, 4.69) is 0 Å². The van der Waals surface area contributed by atoms with Gasteiger partial charge in [-0.25, -0.2) is 0 Å². The molecule has 0 aromatic carbocycles. The summed E-state index contributed by atoms with van der Waals surface area (Å²) in [6, 6.07) is -1.08. The van der Waals surface area contributed by atoms with Gasteiger partial charge in [0.25, 0.3) is 0 Å². The van der Waals surface area contributed by atoms with Gasteiger partial charge in [-0.2, -0.15) is 8.42 Å². The van der Waals surface area contributed by atoms with Crippen molar-refractivity contribution >= 4 is 25.9 Å². The van der Waals surface area contributed by atoms with Crippen molar-refractivity contribution in [1.82, 2.24) is 0 Å². The molecule has 4 N–H and O–H groups in total. The molecule has 0 aliphatic heterocycles. The lowest BCUT2D eigenvalue weighted by molar-refractivity contribution is -0.138. The van der Waals surface area contributed by atoms with E-state index >= 15 is 0 Å². The van der Waals surface area contributed by atoms with Crippen LogP contribution < -0.4 is 5.73 Å². The molecular formula is C4H9NO5S2. The van der Waals surface area contributed by atoms with Crippen molar-refractivity contribution < 1.29 is 22.9 Å². The van der Waals surface area contributed by atoms with Crippen LogP contribution in [0.25, 0.3) is 0 Å². The quantitative estimate of drug-likeness (QED) is 0.411. The van der Waals surface area contributed by atoms with Crippen LogP contribution in [-0.2, 0) is 13.9 Å². The first-order chi connectivity index (χ1) is 5.33. The largest absolute Gasteiger partial charge is 0.480 e. The third-order valence-corrected chi connectivity index (χ3v) is 3.07. The zero-order valence-corrected chi connectivity index (χ0v) is 7.64. The second-order valence-corrected chi connectivity index (χ2v) is 5.45. The Morgan fingerprint density at radius 2 is 2.08 bits per heavy atom. The van der Waals surface area contributed by atoms with Crippen LogP contribution in [0, 0.1) is 0 Å². The van der Waals surface area contributed by atoms with Gasteiger partial charge in [-0.1, -0.05) is 0 Å². The number of aliphatic carboxylic acids is 1. The fourth-order valence-corrected chi connectivity index (χ4v) is 1.89.